The Morgan fingerprint density at radius 3 is 2.54 bits per heavy atom. The van der Waals surface area contributed by atoms with Crippen molar-refractivity contribution in [2.24, 2.45) is 5.92 Å². The normalized spacial score (nSPS) is 18.9. The standard InChI is InChI=1S/C39H39N11O6/c1-21-15-23(5-8-29(21)44-39-46-34-33(56-26-3-2-4-26)32(24-18-42-43-19-24)41-20-49(34)47-39)35(52)40-17-22-11-13-48(14-12-22)25-6-7-27-28(16-25)38(55)50(37(27)54)30-9-10-31(51)45-36(30)53/h5-8,15-16,18-20,22,26,30H,2-4,9-14,17H2,1H3,(H,40,52)(H,42,43)(H,44,47)(H,45,51,53). The molecule has 1 unspecified atom stereocenters. The van der Waals surface area contributed by atoms with E-state index in [1.54, 1.807) is 41.4 Å². The van der Waals surface area contributed by atoms with Crippen molar-refractivity contribution in [2.45, 2.75) is 64.0 Å². The number of ether oxygens (including phenoxy) is 1. The van der Waals surface area contributed by atoms with Crippen molar-refractivity contribution in [3.8, 4) is 17.0 Å². The van der Waals surface area contributed by atoms with Crippen LogP contribution in [0.5, 0.6) is 5.75 Å². The van der Waals surface area contributed by atoms with Crippen LogP contribution in [0.2, 0.25) is 0 Å². The highest BCUT2D eigenvalue weighted by atomic mass is 16.5. The summed E-state index contributed by atoms with van der Waals surface area (Å²) < 4.78 is 7.94. The van der Waals surface area contributed by atoms with E-state index in [9.17, 15) is 24.0 Å². The van der Waals surface area contributed by atoms with Crippen molar-refractivity contribution < 1.29 is 28.7 Å². The zero-order valence-corrected chi connectivity index (χ0v) is 30.6. The molecule has 3 aliphatic heterocycles. The van der Waals surface area contributed by atoms with Gasteiger partial charge in [-0.3, -0.25) is 39.3 Å². The van der Waals surface area contributed by atoms with Gasteiger partial charge in [0.25, 0.3) is 17.7 Å². The number of carbonyl (C=O) groups excluding carboxylic acids is 5. The number of aryl methyl sites for hydroxylation is 1. The number of fused-ring (bicyclic) bond motifs is 2. The molecule has 6 heterocycles. The number of amides is 5. The molecule has 5 amide bonds. The first-order valence-corrected chi connectivity index (χ1v) is 18.9. The smallest absolute Gasteiger partial charge is 0.262 e. The first kappa shape index (κ1) is 35.1. The molecule has 0 spiro atoms. The summed E-state index contributed by atoms with van der Waals surface area (Å²) in [6.07, 6.45) is 10.1. The molecule has 3 fully saturated rings. The number of carbonyl (C=O) groups is 5. The maximum atomic E-state index is 13.3. The SMILES string of the molecule is Cc1cc(C(=O)NCC2CCN(c3ccc4c(c3)C(=O)N(C3CCC(=O)NC3=O)C4=O)CC2)ccc1Nc1nc2c(OC3CCC3)c(-c3cn[nH]c3)ncn2n1. The molecular weight excluding hydrogens is 718 g/mol. The van der Waals surface area contributed by atoms with Crippen LogP contribution in [0.3, 0.4) is 0 Å². The number of rotatable bonds is 10. The van der Waals surface area contributed by atoms with Crippen LogP contribution in [0.4, 0.5) is 17.3 Å². The fourth-order valence-electron chi connectivity index (χ4n) is 7.69. The molecule has 0 bridgehead atoms. The van der Waals surface area contributed by atoms with Crippen LogP contribution >= 0.6 is 0 Å². The molecule has 1 aliphatic carbocycles. The summed E-state index contributed by atoms with van der Waals surface area (Å²) in [5.74, 6) is -1.05. The quantitative estimate of drug-likeness (QED) is 0.151. The van der Waals surface area contributed by atoms with Crippen molar-refractivity contribution in [3.63, 3.8) is 0 Å². The second-order valence-corrected chi connectivity index (χ2v) is 14.8. The van der Waals surface area contributed by atoms with Crippen LogP contribution in [-0.4, -0.2) is 96.0 Å². The highest BCUT2D eigenvalue weighted by Crippen LogP contribution is 2.36. The van der Waals surface area contributed by atoms with Gasteiger partial charge < -0.3 is 20.3 Å². The van der Waals surface area contributed by atoms with Gasteiger partial charge in [0.2, 0.25) is 23.4 Å². The molecule has 9 rings (SSSR count). The van der Waals surface area contributed by atoms with Gasteiger partial charge in [-0.1, -0.05) is 0 Å². The molecule has 17 heteroatoms. The average Bonchev–Trinajstić information content (AvgIpc) is 3.92. The Morgan fingerprint density at radius 1 is 0.982 bits per heavy atom. The van der Waals surface area contributed by atoms with Gasteiger partial charge in [-0.15, -0.1) is 5.10 Å². The first-order chi connectivity index (χ1) is 27.2. The van der Waals surface area contributed by atoms with E-state index < -0.39 is 29.7 Å². The number of aromatic nitrogens is 6. The van der Waals surface area contributed by atoms with E-state index in [4.69, 9.17) is 9.72 Å². The first-order valence-electron chi connectivity index (χ1n) is 18.9. The van der Waals surface area contributed by atoms with Crippen molar-refractivity contribution >= 4 is 52.5 Å². The van der Waals surface area contributed by atoms with E-state index in [0.717, 1.165) is 59.5 Å². The van der Waals surface area contributed by atoms with E-state index in [1.807, 2.05) is 25.1 Å². The molecule has 0 radical (unpaired) electrons. The molecule has 56 heavy (non-hydrogen) atoms. The van der Waals surface area contributed by atoms with E-state index in [1.165, 1.54) is 0 Å². The van der Waals surface area contributed by atoms with Crippen molar-refractivity contribution in [1.82, 2.24) is 45.3 Å². The summed E-state index contributed by atoms with van der Waals surface area (Å²) >= 11 is 0. The maximum absolute atomic E-state index is 13.3. The monoisotopic (exact) mass is 757 g/mol. The lowest BCUT2D eigenvalue weighted by Crippen LogP contribution is -2.54. The van der Waals surface area contributed by atoms with Gasteiger partial charge in [0, 0.05) is 54.8 Å². The summed E-state index contributed by atoms with van der Waals surface area (Å²) in [6.45, 7) is 3.87. The number of hydrogen-bond donors (Lipinski definition) is 4. The number of aromatic amines is 1. The second kappa shape index (κ2) is 14.2. The van der Waals surface area contributed by atoms with E-state index in [-0.39, 0.29) is 41.9 Å². The number of nitrogens with zero attached hydrogens (tertiary/aromatic N) is 7. The van der Waals surface area contributed by atoms with Crippen molar-refractivity contribution in [1.29, 1.82) is 0 Å². The third-order valence-electron chi connectivity index (χ3n) is 11.1. The third kappa shape index (κ3) is 6.47. The number of nitrogens with one attached hydrogen (secondary N) is 4. The largest absolute Gasteiger partial charge is 0.484 e. The minimum Gasteiger partial charge on any atom is -0.484 e. The van der Waals surface area contributed by atoms with Crippen LogP contribution < -0.4 is 25.6 Å². The van der Waals surface area contributed by atoms with Crippen LogP contribution in [0.15, 0.2) is 55.1 Å². The van der Waals surface area contributed by atoms with E-state index >= 15 is 0 Å². The number of piperidine rings is 2. The van der Waals surface area contributed by atoms with Gasteiger partial charge in [-0.2, -0.15) is 14.6 Å². The summed E-state index contributed by atoms with van der Waals surface area (Å²) in [5.41, 5.74) is 5.48. The molecule has 5 aromatic rings. The molecule has 1 saturated carbocycles. The second-order valence-electron chi connectivity index (χ2n) is 14.8. The van der Waals surface area contributed by atoms with Gasteiger partial charge in [-0.05, 0) is 93.3 Å². The summed E-state index contributed by atoms with van der Waals surface area (Å²) in [7, 11) is 0. The van der Waals surface area contributed by atoms with Crippen LogP contribution in [0, 0.1) is 12.8 Å². The van der Waals surface area contributed by atoms with Gasteiger partial charge >= 0.3 is 0 Å². The Bertz CT molecular complexity index is 2400. The van der Waals surface area contributed by atoms with Crippen molar-refractivity contribution in [3.05, 3.63) is 77.4 Å². The van der Waals surface area contributed by atoms with Crippen LogP contribution in [0.1, 0.15) is 81.6 Å². The highest BCUT2D eigenvalue weighted by Gasteiger charge is 2.45. The molecule has 4 N–H and O–H groups in total. The average molecular weight is 758 g/mol. The molecule has 1 atom stereocenters. The Balaban J connectivity index is 0.800. The molecular formula is C39H39N11O6. The predicted molar refractivity (Wildman–Crippen MR) is 201 cm³/mol. The summed E-state index contributed by atoms with van der Waals surface area (Å²) in [4.78, 5) is 76.1. The molecule has 4 aliphatic rings. The fourth-order valence-corrected chi connectivity index (χ4v) is 7.69. The Labute approximate surface area is 320 Å². The topological polar surface area (TPSA) is 209 Å². The van der Waals surface area contributed by atoms with Crippen LogP contribution in [0.25, 0.3) is 16.9 Å². The van der Waals surface area contributed by atoms with Gasteiger partial charge in [-0.25, -0.2) is 4.98 Å². The van der Waals surface area contributed by atoms with E-state index in [2.05, 4.69) is 41.1 Å². The number of benzene rings is 2. The van der Waals surface area contributed by atoms with Gasteiger partial charge in [0.15, 0.2) is 5.75 Å². The van der Waals surface area contributed by atoms with Gasteiger partial charge in [0.1, 0.15) is 18.1 Å². The molecule has 286 valence electrons. The molecule has 3 aromatic heterocycles. The summed E-state index contributed by atoms with van der Waals surface area (Å²) in [6, 6.07) is 9.62. The van der Waals surface area contributed by atoms with E-state index in [0.29, 0.717) is 48.2 Å². The number of anilines is 3. The molecule has 2 aromatic carbocycles. The number of imide groups is 2. The van der Waals surface area contributed by atoms with Gasteiger partial charge in [0.05, 0.1) is 23.4 Å². The zero-order valence-electron chi connectivity index (χ0n) is 30.6. The van der Waals surface area contributed by atoms with Crippen molar-refractivity contribution in [2.75, 3.05) is 29.9 Å². The number of hydrogen-bond acceptors (Lipinski definition) is 12. The number of H-pyrrole nitrogens is 1. The lowest BCUT2D eigenvalue weighted by molar-refractivity contribution is -0.136. The lowest BCUT2D eigenvalue weighted by Gasteiger charge is -2.34. The fraction of sp³-hybridized carbons (Fsp3) is 0.359. The molecule has 2 saturated heterocycles. The highest BCUT2D eigenvalue weighted by molar-refractivity contribution is 6.23. The van der Waals surface area contributed by atoms with Crippen LogP contribution in [-0.2, 0) is 9.59 Å². The Kier molecular flexibility index (Phi) is 8.90. The lowest BCUT2D eigenvalue weighted by atomic mass is 9.95. The Morgan fingerprint density at radius 2 is 1.80 bits per heavy atom. The predicted octanol–water partition coefficient (Wildman–Crippen LogP) is 3.55. The summed E-state index contributed by atoms with van der Waals surface area (Å²) in [5, 5.41) is 20.1. The molecule has 17 nitrogen and oxygen atoms in total. The Hall–Kier alpha value is -6.65. The minimum absolute atomic E-state index is 0.0717. The zero-order chi connectivity index (χ0) is 38.5. The minimum atomic E-state index is -1.000. The maximum Gasteiger partial charge on any atom is 0.262 e. The third-order valence-corrected chi connectivity index (χ3v) is 11.1.